The van der Waals surface area contributed by atoms with Gasteiger partial charge in [-0.2, -0.15) is 0 Å². The third-order valence-corrected chi connectivity index (χ3v) is 5.93. The van der Waals surface area contributed by atoms with E-state index in [4.69, 9.17) is 0 Å². The summed E-state index contributed by atoms with van der Waals surface area (Å²) in [7, 11) is 0. The Hall–Kier alpha value is -2.77. The van der Waals surface area contributed by atoms with Crippen LogP contribution in [0.1, 0.15) is 5.69 Å². The smallest absolute Gasteiger partial charge is 0.307 e. The first-order valence-electron chi connectivity index (χ1n) is 8.01. The molecule has 0 radical (unpaired) electrons. The molecule has 2 aromatic carbocycles. The van der Waals surface area contributed by atoms with Gasteiger partial charge in [-0.3, -0.25) is 14.2 Å². The van der Waals surface area contributed by atoms with Crippen LogP contribution in [0.3, 0.4) is 0 Å². The Morgan fingerprint density at radius 2 is 2.04 bits per heavy atom. The highest BCUT2D eigenvalue weighted by molar-refractivity contribution is 7.21. The number of nitrogens with one attached hydrogen (secondary N) is 1. The van der Waals surface area contributed by atoms with Crippen LogP contribution in [-0.4, -0.2) is 15.5 Å². The van der Waals surface area contributed by atoms with E-state index in [1.807, 2.05) is 55.5 Å². The summed E-state index contributed by atoms with van der Waals surface area (Å²) >= 11 is 2.72. The van der Waals surface area contributed by atoms with Crippen LogP contribution in [0.4, 0.5) is 5.69 Å². The Kier molecular flexibility index (Phi) is 4.40. The zero-order chi connectivity index (χ0) is 18.1. The average molecular weight is 381 g/mol. The van der Waals surface area contributed by atoms with Crippen molar-refractivity contribution in [2.45, 2.75) is 13.5 Å². The molecule has 1 amide bonds. The fourth-order valence-corrected chi connectivity index (χ4v) is 4.36. The van der Waals surface area contributed by atoms with E-state index in [9.17, 15) is 9.59 Å². The quantitative estimate of drug-likeness (QED) is 0.578. The van der Waals surface area contributed by atoms with E-state index in [0.717, 1.165) is 37.8 Å². The second-order valence-electron chi connectivity index (χ2n) is 5.84. The molecule has 0 aliphatic carbocycles. The fraction of sp³-hybridized carbons (Fsp3) is 0.105. The zero-order valence-electron chi connectivity index (χ0n) is 13.9. The van der Waals surface area contributed by atoms with Crippen LogP contribution in [0, 0.1) is 6.92 Å². The molecule has 1 N–H and O–H groups in total. The number of benzene rings is 2. The monoisotopic (exact) mass is 381 g/mol. The van der Waals surface area contributed by atoms with Crippen LogP contribution in [0.15, 0.2) is 58.7 Å². The molecular weight excluding hydrogens is 366 g/mol. The first kappa shape index (κ1) is 16.7. The van der Waals surface area contributed by atoms with Gasteiger partial charge in [-0.1, -0.05) is 35.6 Å². The minimum atomic E-state index is -0.227. The molecule has 7 heteroatoms. The number of fused-ring (bicyclic) bond motifs is 1. The second kappa shape index (κ2) is 6.86. The number of aromatic nitrogens is 2. The van der Waals surface area contributed by atoms with Gasteiger partial charge in [0.2, 0.25) is 5.91 Å². The SMILES string of the molecule is Cc1csc(=O)n1CC(=O)Nc1cccc(-c2nc3ccccc3s2)c1. The maximum Gasteiger partial charge on any atom is 0.307 e. The minimum Gasteiger partial charge on any atom is -0.325 e. The number of thiazole rings is 2. The van der Waals surface area contributed by atoms with E-state index in [-0.39, 0.29) is 17.3 Å². The summed E-state index contributed by atoms with van der Waals surface area (Å²) in [5.41, 5.74) is 3.40. The molecule has 5 nitrogen and oxygen atoms in total. The number of para-hydroxylation sites is 1. The molecule has 0 fully saturated rings. The lowest BCUT2D eigenvalue weighted by Gasteiger charge is -2.08. The largest absolute Gasteiger partial charge is 0.325 e. The van der Waals surface area contributed by atoms with Crippen molar-refractivity contribution in [1.82, 2.24) is 9.55 Å². The number of amides is 1. The van der Waals surface area contributed by atoms with Crippen molar-refractivity contribution in [2.75, 3.05) is 5.32 Å². The van der Waals surface area contributed by atoms with E-state index >= 15 is 0 Å². The van der Waals surface area contributed by atoms with E-state index in [1.165, 1.54) is 4.57 Å². The Morgan fingerprint density at radius 1 is 1.19 bits per heavy atom. The molecule has 0 bridgehead atoms. The molecule has 130 valence electrons. The number of aryl methyl sites for hydroxylation is 1. The normalized spacial score (nSPS) is 11.0. The summed E-state index contributed by atoms with van der Waals surface area (Å²) < 4.78 is 2.60. The number of rotatable bonds is 4. The molecule has 0 atom stereocenters. The maximum atomic E-state index is 12.3. The number of hydrogen-bond acceptors (Lipinski definition) is 5. The number of hydrogen-bond donors (Lipinski definition) is 1. The van der Waals surface area contributed by atoms with E-state index < -0.39 is 0 Å². The van der Waals surface area contributed by atoms with Gasteiger partial charge in [0, 0.05) is 22.3 Å². The molecule has 4 rings (SSSR count). The van der Waals surface area contributed by atoms with Gasteiger partial charge in [-0.25, -0.2) is 4.98 Å². The molecule has 0 saturated heterocycles. The van der Waals surface area contributed by atoms with Crippen LogP contribution in [0.2, 0.25) is 0 Å². The molecule has 0 saturated carbocycles. The van der Waals surface area contributed by atoms with Crippen LogP contribution in [0.5, 0.6) is 0 Å². The summed E-state index contributed by atoms with van der Waals surface area (Å²) in [5.74, 6) is -0.227. The fourth-order valence-electron chi connectivity index (χ4n) is 2.67. The van der Waals surface area contributed by atoms with Crippen molar-refractivity contribution in [2.24, 2.45) is 0 Å². The molecule has 26 heavy (non-hydrogen) atoms. The number of anilines is 1. The summed E-state index contributed by atoms with van der Waals surface area (Å²) in [4.78, 5) is 28.6. The molecule has 0 aliphatic rings. The highest BCUT2D eigenvalue weighted by Gasteiger charge is 2.10. The van der Waals surface area contributed by atoms with Gasteiger partial charge in [0.05, 0.1) is 10.2 Å². The van der Waals surface area contributed by atoms with Crippen molar-refractivity contribution < 1.29 is 4.79 Å². The lowest BCUT2D eigenvalue weighted by molar-refractivity contribution is -0.116. The number of carbonyl (C=O) groups is 1. The van der Waals surface area contributed by atoms with Gasteiger partial charge in [0.25, 0.3) is 0 Å². The Morgan fingerprint density at radius 3 is 2.81 bits per heavy atom. The van der Waals surface area contributed by atoms with Gasteiger partial charge in [0.1, 0.15) is 11.6 Å². The van der Waals surface area contributed by atoms with E-state index in [2.05, 4.69) is 10.3 Å². The number of carbonyl (C=O) groups excluding carboxylic acids is 1. The van der Waals surface area contributed by atoms with Crippen molar-refractivity contribution in [3.63, 3.8) is 0 Å². The summed E-state index contributed by atoms with van der Waals surface area (Å²) in [6, 6.07) is 15.6. The van der Waals surface area contributed by atoms with Crippen molar-refractivity contribution in [3.05, 3.63) is 69.3 Å². The topological polar surface area (TPSA) is 64.0 Å². The number of nitrogens with zero attached hydrogens (tertiary/aromatic N) is 2. The van der Waals surface area contributed by atoms with Gasteiger partial charge in [-0.05, 0) is 31.2 Å². The molecule has 0 aliphatic heterocycles. The highest BCUT2D eigenvalue weighted by atomic mass is 32.1. The predicted octanol–water partition coefficient (Wildman–Crippen LogP) is 4.13. The summed E-state index contributed by atoms with van der Waals surface area (Å²) in [5, 5.41) is 5.52. The Balaban J connectivity index is 1.56. The lowest BCUT2D eigenvalue weighted by Crippen LogP contribution is -2.25. The molecule has 0 spiro atoms. The molecule has 2 aromatic heterocycles. The van der Waals surface area contributed by atoms with Gasteiger partial charge >= 0.3 is 4.87 Å². The van der Waals surface area contributed by atoms with Crippen LogP contribution in [-0.2, 0) is 11.3 Å². The molecule has 2 heterocycles. The first-order chi connectivity index (χ1) is 12.6. The molecular formula is C19H15N3O2S2. The maximum absolute atomic E-state index is 12.3. The van der Waals surface area contributed by atoms with Crippen LogP contribution >= 0.6 is 22.7 Å². The third kappa shape index (κ3) is 3.31. The van der Waals surface area contributed by atoms with Crippen LogP contribution in [0.25, 0.3) is 20.8 Å². The second-order valence-corrected chi connectivity index (χ2v) is 7.70. The standard InChI is InChI=1S/C19H15N3O2S2/c1-12-11-25-19(24)22(12)10-17(23)20-14-6-4-5-13(9-14)18-21-15-7-2-3-8-16(15)26-18/h2-9,11H,10H2,1H3,(H,20,23). The van der Waals surface area contributed by atoms with Crippen molar-refractivity contribution in [3.8, 4) is 10.6 Å². The van der Waals surface area contributed by atoms with Crippen LogP contribution < -0.4 is 10.2 Å². The van der Waals surface area contributed by atoms with Gasteiger partial charge in [-0.15, -0.1) is 11.3 Å². The highest BCUT2D eigenvalue weighted by Crippen LogP contribution is 2.31. The third-order valence-electron chi connectivity index (χ3n) is 3.97. The van der Waals surface area contributed by atoms with Crippen molar-refractivity contribution >= 4 is 44.5 Å². The molecule has 0 unspecified atom stereocenters. The minimum absolute atomic E-state index is 0.0134. The lowest BCUT2D eigenvalue weighted by atomic mass is 10.2. The predicted molar refractivity (Wildman–Crippen MR) is 107 cm³/mol. The summed E-state index contributed by atoms with van der Waals surface area (Å²) in [6.07, 6.45) is 0. The van der Waals surface area contributed by atoms with Crippen molar-refractivity contribution in [1.29, 1.82) is 0 Å². The van der Waals surface area contributed by atoms with E-state index in [1.54, 1.807) is 16.7 Å². The average Bonchev–Trinajstić information content (AvgIpc) is 3.20. The summed E-state index contributed by atoms with van der Waals surface area (Å²) in [6.45, 7) is 1.83. The molecule has 4 aromatic rings. The van der Waals surface area contributed by atoms with E-state index in [0.29, 0.717) is 5.69 Å². The first-order valence-corrected chi connectivity index (χ1v) is 9.70. The zero-order valence-corrected chi connectivity index (χ0v) is 15.6. The Bertz CT molecular complexity index is 1120. The van der Waals surface area contributed by atoms with Gasteiger partial charge < -0.3 is 5.32 Å². The van der Waals surface area contributed by atoms with Gasteiger partial charge in [0.15, 0.2) is 0 Å². The Labute approximate surface area is 157 Å².